The van der Waals surface area contributed by atoms with E-state index < -0.39 is 15.8 Å². The molecule has 1 saturated carbocycles. The minimum absolute atomic E-state index is 0.00391. The summed E-state index contributed by atoms with van der Waals surface area (Å²) in [7, 11) is -3.96. The monoisotopic (exact) mass is 487 g/mol. The molecule has 2 fully saturated rings. The summed E-state index contributed by atoms with van der Waals surface area (Å²) in [6, 6.07) is 11.0. The van der Waals surface area contributed by atoms with Crippen LogP contribution < -0.4 is 10.0 Å². The summed E-state index contributed by atoms with van der Waals surface area (Å²) in [5.41, 5.74) is 0.469. The van der Waals surface area contributed by atoms with Crippen LogP contribution in [0.2, 0.25) is 0 Å². The van der Waals surface area contributed by atoms with Crippen molar-refractivity contribution >= 4 is 27.5 Å². The quantitative estimate of drug-likeness (QED) is 0.646. The highest BCUT2D eigenvalue weighted by molar-refractivity contribution is 7.92. The zero-order valence-corrected chi connectivity index (χ0v) is 19.8. The van der Waals surface area contributed by atoms with E-state index in [-0.39, 0.29) is 39.9 Å². The van der Waals surface area contributed by atoms with Crippen molar-refractivity contribution in [2.75, 3.05) is 17.8 Å². The number of amides is 2. The number of sulfonamides is 1. The van der Waals surface area contributed by atoms with Gasteiger partial charge in [-0.05, 0) is 68.1 Å². The van der Waals surface area contributed by atoms with E-state index >= 15 is 0 Å². The predicted octanol–water partition coefficient (Wildman–Crippen LogP) is 3.93. The Morgan fingerprint density at radius 1 is 0.941 bits per heavy atom. The van der Waals surface area contributed by atoms with Crippen molar-refractivity contribution in [1.29, 1.82) is 0 Å². The summed E-state index contributed by atoms with van der Waals surface area (Å²) in [5.74, 6) is -1.02. The van der Waals surface area contributed by atoms with E-state index in [9.17, 15) is 22.4 Å². The first kappa shape index (κ1) is 24.2. The number of carbonyl (C=O) groups excluding carboxylic acids is 2. The van der Waals surface area contributed by atoms with E-state index in [4.69, 9.17) is 0 Å². The number of nitrogens with one attached hydrogen (secondary N) is 2. The van der Waals surface area contributed by atoms with E-state index in [1.165, 1.54) is 36.8 Å². The number of halogens is 1. The summed E-state index contributed by atoms with van der Waals surface area (Å²) in [6.07, 6.45) is 6.96. The molecule has 182 valence electrons. The molecule has 7 nitrogen and oxygen atoms in total. The fourth-order valence-electron chi connectivity index (χ4n) is 4.65. The lowest BCUT2D eigenvalue weighted by molar-refractivity contribution is -0.127. The number of nitrogens with zero attached hydrogens (tertiary/aromatic N) is 1. The third-order valence-corrected chi connectivity index (χ3v) is 7.90. The molecule has 1 aliphatic heterocycles. The van der Waals surface area contributed by atoms with Crippen LogP contribution in [0, 0.1) is 11.7 Å². The average Bonchev–Trinajstić information content (AvgIpc) is 2.85. The van der Waals surface area contributed by atoms with Gasteiger partial charge in [0.25, 0.3) is 15.9 Å². The molecule has 2 amide bonds. The molecule has 1 aliphatic carbocycles. The standard InChI is InChI=1S/C25H30FN3O4S/c26-20-11-13-22(14-12-20)28-34(32,33)23-10-4-6-18(16-23)25(31)29-15-5-7-19(17-29)24(30)27-21-8-2-1-3-9-21/h4,6,10-14,16,19,21,28H,1-3,5,7-9,15,17H2,(H,27,30). The van der Waals surface area contributed by atoms with Crippen LogP contribution in [0.4, 0.5) is 10.1 Å². The first-order valence-corrected chi connectivity index (χ1v) is 13.3. The summed E-state index contributed by atoms with van der Waals surface area (Å²) in [6.45, 7) is 0.846. The topological polar surface area (TPSA) is 95.6 Å². The Balaban J connectivity index is 1.42. The highest BCUT2D eigenvalue weighted by atomic mass is 32.2. The lowest BCUT2D eigenvalue weighted by Gasteiger charge is -2.33. The van der Waals surface area contributed by atoms with Crippen LogP contribution >= 0.6 is 0 Å². The van der Waals surface area contributed by atoms with Crippen molar-refractivity contribution in [3.8, 4) is 0 Å². The maximum atomic E-state index is 13.2. The van der Waals surface area contributed by atoms with Gasteiger partial charge in [-0.3, -0.25) is 14.3 Å². The lowest BCUT2D eigenvalue weighted by Crippen LogP contribution is -2.48. The zero-order valence-electron chi connectivity index (χ0n) is 19.0. The molecular formula is C25H30FN3O4S. The Hall–Kier alpha value is -2.94. The summed E-state index contributed by atoms with van der Waals surface area (Å²) >= 11 is 0. The van der Waals surface area contributed by atoms with Gasteiger partial charge in [0.2, 0.25) is 5.91 Å². The molecule has 2 N–H and O–H groups in total. The molecule has 2 aromatic carbocycles. The molecule has 1 heterocycles. The molecule has 9 heteroatoms. The molecular weight excluding hydrogens is 457 g/mol. The number of hydrogen-bond acceptors (Lipinski definition) is 4. The second-order valence-corrected chi connectivity index (χ2v) is 10.8. The number of likely N-dealkylation sites (tertiary alicyclic amines) is 1. The van der Waals surface area contributed by atoms with Crippen LogP contribution in [0.3, 0.4) is 0 Å². The van der Waals surface area contributed by atoms with Crippen molar-refractivity contribution in [2.24, 2.45) is 5.92 Å². The largest absolute Gasteiger partial charge is 0.353 e. The fraction of sp³-hybridized carbons (Fsp3) is 0.440. The van der Waals surface area contributed by atoms with Crippen LogP contribution in [0.15, 0.2) is 53.4 Å². The van der Waals surface area contributed by atoms with E-state index in [0.717, 1.165) is 50.7 Å². The van der Waals surface area contributed by atoms with E-state index in [0.29, 0.717) is 13.1 Å². The van der Waals surface area contributed by atoms with Gasteiger partial charge in [0, 0.05) is 30.4 Å². The van der Waals surface area contributed by atoms with Gasteiger partial charge in [-0.1, -0.05) is 25.3 Å². The van der Waals surface area contributed by atoms with Gasteiger partial charge in [-0.2, -0.15) is 0 Å². The molecule has 34 heavy (non-hydrogen) atoms. The molecule has 4 rings (SSSR count). The van der Waals surface area contributed by atoms with Crippen LogP contribution in [0.5, 0.6) is 0 Å². The second kappa shape index (κ2) is 10.5. The Bertz CT molecular complexity index is 1130. The smallest absolute Gasteiger partial charge is 0.261 e. The van der Waals surface area contributed by atoms with Crippen molar-refractivity contribution in [3.05, 3.63) is 59.9 Å². The number of carbonyl (C=O) groups is 2. The van der Waals surface area contributed by atoms with Crippen molar-refractivity contribution in [3.63, 3.8) is 0 Å². The molecule has 2 aromatic rings. The number of rotatable bonds is 6. The maximum Gasteiger partial charge on any atom is 0.261 e. The number of benzene rings is 2. The first-order valence-electron chi connectivity index (χ1n) is 11.8. The molecule has 0 aromatic heterocycles. The van der Waals surface area contributed by atoms with Gasteiger partial charge in [0.15, 0.2) is 0 Å². The van der Waals surface area contributed by atoms with Crippen LogP contribution in [-0.4, -0.2) is 44.3 Å². The average molecular weight is 488 g/mol. The van der Waals surface area contributed by atoms with Gasteiger partial charge in [-0.15, -0.1) is 0 Å². The highest BCUT2D eigenvalue weighted by Gasteiger charge is 2.30. The normalized spacial score (nSPS) is 19.4. The summed E-state index contributed by atoms with van der Waals surface area (Å²) < 4.78 is 41.1. The Labute approximate surface area is 199 Å². The fourth-order valence-corrected chi connectivity index (χ4v) is 5.76. The third kappa shape index (κ3) is 5.94. The van der Waals surface area contributed by atoms with E-state index in [1.807, 2.05) is 0 Å². The molecule has 2 aliphatic rings. The van der Waals surface area contributed by atoms with Crippen molar-refractivity contribution < 1.29 is 22.4 Å². The van der Waals surface area contributed by atoms with Gasteiger partial charge in [0.1, 0.15) is 5.82 Å². The molecule has 0 bridgehead atoms. The van der Waals surface area contributed by atoms with Crippen LogP contribution in [0.25, 0.3) is 0 Å². The van der Waals surface area contributed by atoms with Gasteiger partial charge in [0.05, 0.1) is 10.8 Å². The second-order valence-electron chi connectivity index (χ2n) is 9.07. The van der Waals surface area contributed by atoms with Crippen LogP contribution in [-0.2, 0) is 14.8 Å². The highest BCUT2D eigenvalue weighted by Crippen LogP contribution is 2.23. The molecule has 1 saturated heterocycles. The Morgan fingerprint density at radius 2 is 1.68 bits per heavy atom. The SMILES string of the molecule is O=C(NC1CCCCC1)C1CCCN(C(=O)c2cccc(S(=O)(=O)Nc3ccc(F)cc3)c2)C1. The van der Waals surface area contributed by atoms with E-state index in [2.05, 4.69) is 10.0 Å². The molecule has 0 spiro atoms. The Morgan fingerprint density at radius 3 is 2.41 bits per heavy atom. The summed E-state index contributed by atoms with van der Waals surface area (Å²) in [5, 5.41) is 3.16. The maximum absolute atomic E-state index is 13.2. The minimum atomic E-state index is -3.96. The van der Waals surface area contributed by atoms with E-state index in [1.54, 1.807) is 11.0 Å². The molecule has 1 atom stereocenters. The van der Waals surface area contributed by atoms with Crippen molar-refractivity contribution in [1.82, 2.24) is 10.2 Å². The minimum Gasteiger partial charge on any atom is -0.353 e. The van der Waals surface area contributed by atoms with Gasteiger partial charge >= 0.3 is 0 Å². The third-order valence-electron chi connectivity index (χ3n) is 6.52. The van der Waals surface area contributed by atoms with Crippen molar-refractivity contribution in [2.45, 2.75) is 55.9 Å². The summed E-state index contributed by atoms with van der Waals surface area (Å²) in [4.78, 5) is 27.5. The number of hydrogen-bond donors (Lipinski definition) is 2. The molecule has 0 radical (unpaired) electrons. The van der Waals surface area contributed by atoms with Crippen LogP contribution in [0.1, 0.15) is 55.3 Å². The zero-order chi connectivity index (χ0) is 24.1. The Kier molecular flexibility index (Phi) is 7.50. The molecule has 1 unspecified atom stereocenters. The first-order chi connectivity index (χ1) is 16.3. The number of anilines is 1. The number of piperidine rings is 1. The lowest BCUT2D eigenvalue weighted by atomic mass is 9.93. The van der Waals surface area contributed by atoms with Gasteiger partial charge in [-0.25, -0.2) is 12.8 Å². The van der Waals surface area contributed by atoms with Gasteiger partial charge < -0.3 is 10.2 Å². The predicted molar refractivity (Wildman–Crippen MR) is 127 cm³/mol.